The lowest BCUT2D eigenvalue weighted by molar-refractivity contribution is 0.171. The van der Waals surface area contributed by atoms with Crippen LogP contribution in [0.5, 0.6) is 11.5 Å². The van der Waals surface area contributed by atoms with Crippen LogP contribution < -0.4 is 15.2 Å². The predicted molar refractivity (Wildman–Crippen MR) is 70.9 cm³/mol. The second-order valence-electron chi connectivity index (χ2n) is 4.09. The van der Waals surface area contributed by atoms with Gasteiger partial charge in [0.2, 0.25) is 10.0 Å². The van der Waals surface area contributed by atoms with Crippen molar-refractivity contribution in [2.45, 2.75) is 11.8 Å². The lowest BCUT2D eigenvalue weighted by Gasteiger charge is -2.22. The predicted octanol–water partition coefficient (Wildman–Crippen LogP) is 0.427. The first kappa shape index (κ1) is 14.1. The van der Waals surface area contributed by atoms with Crippen molar-refractivity contribution in [1.29, 1.82) is 0 Å². The van der Waals surface area contributed by atoms with Crippen molar-refractivity contribution in [1.82, 2.24) is 4.31 Å². The van der Waals surface area contributed by atoms with E-state index in [9.17, 15) is 8.42 Å². The Bertz CT molecular complexity index is 545. The Hall–Kier alpha value is -1.31. The molecular formula is C12H18N2O4S. The van der Waals surface area contributed by atoms with Gasteiger partial charge in [0.05, 0.1) is 4.90 Å². The molecule has 7 heteroatoms. The summed E-state index contributed by atoms with van der Waals surface area (Å²) in [4.78, 5) is 0.201. The second-order valence-corrected chi connectivity index (χ2v) is 6.03. The van der Waals surface area contributed by atoms with Crippen molar-refractivity contribution in [3.8, 4) is 11.5 Å². The van der Waals surface area contributed by atoms with E-state index in [-0.39, 0.29) is 11.4 Å². The Kier molecular flexibility index (Phi) is 4.28. The lowest BCUT2D eigenvalue weighted by atomic mass is 10.3. The SMILES string of the molecule is CCN(CCN)S(=O)(=O)c1ccc2c(c1)OCCO2. The molecule has 106 valence electrons. The van der Waals surface area contributed by atoms with E-state index in [1.807, 2.05) is 0 Å². The maximum Gasteiger partial charge on any atom is 0.243 e. The molecule has 0 bridgehead atoms. The number of nitrogens with zero attached hydrogens (tertiary/aromatic N) is 1. The van der Waals surface area contributed by atoms with Gasteiger partial charge >= 0.3 is 0 Å². The minimum Gasteiger partial charge on any atom is -0.486 e. The molecular weight excluding hydrogens is 268 g/mol. The third-order valence-corrected chi connectivity index (χ3v) is 4.85. The molecule has 1 aliphatic rings. The van der Waals surface area contributed by atoms with Gasteiger partial charge in [-0.3, -0.25) is 0 Å². The van der Waals surface area contributed by atoms with Gasteiger partial charge in [-0.05, 0) is 12.1 Å². The van der Waals surface area contributed by atoms with Gasteiger partial charge < -0.3 is 15.2 Å². The first-order valence-electron chi connectivity index (χ1n) is 6.19. The van der Waals surface area contributed by atoms with E-state index in [0.717, 1.165) is 0 Å². The zero-order valence-electron chi connectivity index (χ0n) is 10.8. The summed E-state index contributed by atoms with van der Waals surface area (Å²) in [6, 6.07) is 4.66. The molecule has 0 atom stereocenters. The highest BCUT2D eigenvalue weighted by atomic mass is 32.2. The fourth-order valence-electron chi connectivity index (χ4n) is 1.93. The van der Waals surface area contributed by atoms with E-state index in [1.54, 1.807) is 13.0 Å². The van der Waals surface area contributed by atoms with E-state index in [2.05, 4.69) is 0 Å². The Labute approximate surface area is 113 Å². The van der Waals surface area contributed by atoms with Crippen LogP contribution in [0.1, 0.15) is 6.92 Å². The topological polar surface area (TPSA) is 81.9 Å². The summed E-state index contributed by atoms with van der Waals surface area (Å²) in [6.45, 7) is 3.66. The number of ether oxygens (including phenoxy) is 2. The van der Waals surface area contributed by atoms with Gasteiger partial charge in [-0.2, -0.15) is 4.31 Å². The van der Waals surface area contributed by atoms with Crippen LogP contribution in [-0.2, 0) is 10.0 Å². The molecule has 1 aromatic carbocycles. The van der Waals surface area contributed by atoms with Crippen LogP contribution in [-0.4, -0.2) is 45.6 Å². The minimum absolute atomic E-state index is 0.201. The highest BCUT2D eigenvalue weighted by Crippen LogP contribution is 2.33. The summed E-state index contributed by atoms with van der Waals surface area (Å²) < 4.78 is 36.9. The minimum atomic E-state index is -3.53. The van der Waals surface area contributed by atoms with Gasteiger partial charge in [-0.25, -0.2) is 8.42 Å². The summed E-state index contributed by atoms with van der Waals surface area (Å²) in [7, 11) is -3.53. The van der Waals surface area contributed by atoms with Crippen molar-refractivity contribution in [2.75, 3.05) is 32.8 Å². The molecule has 0 aromatic heterocycles. The van der Waals surface area contributed by atoms with Crippen molar-refractivity contribution < 1.29 is 17.9 Å². The normalized spacial score (nSPS) is 14.7. The largest absolute Gasteiger partial charge is 0.486 e. The molecule has 19 heavy (non-hydrogen) atoms. The second kappa shape index (κ2) is 5.77. The Morgan fingerprint density at radius 3 is 2.58 bits per heavy atom. The van der Waals surface area contributed by atoms with Crippen molar-refractivity contribution in [2.24, 2.45) is 5.73 Å². The van der Waals surface area contributed by atoms with E-state index in [0.29, 0.717) is 37.8 Å². The molecule has 2 N–H and O–H groups in total. The molecule has 0 radical (unpaired) electrons. The number of rotatable bonds is 5. The molecule has 0 saturated heterocycles. The monoisotopic (exact) mass is 286 g/mol. The zero-order valence-corrected chi connectivity index (χ0v) is 11.6. The molecule has 0 aliphatic carbocycles. The number of fused-ring (bicyclic) bond motifs is 1. The Morgan fingerprint density at radius 2 is 1.95 bits per heavy atom. The quantitative estimate of drug-likeness (QED) is 0.848. The van der Waals surface area contributed by atoms with Gasteiger partial charge in [-0.1, -0.05) is 6.92 Å². The molecule has 0 unspecified atom stereocenters. The molecule has 1 aromatic rings. The molecule has 0 fully saturated rings. The third-order valence-electron chi connectivity index (χ3n) is 2.88. The van der Waals surface area contributed by atoms with Gasteiger partial charge in [0.25, 0.3) is 0 Å². The van der Waals surface area contributed by atoms with Gasteiger partial charge in [0, 0.05) is 25.7 Å². The number of sulfonamides is 1. The maximum absolute atomic E-state index is 12.4. The molecule has 0 spiro atoms. The summed E-state index contributed by atoms with van der Waals surface area (Å²) in [5, 5.41) is 0. The average molecular weight is 286 g/mol. The number of hydrogen-bond acceptors (Lipinski definition) is 5. The van der Waals surface area contributed by atoms with Crippen molar-refractivity contribution in [3.63, 3.8) is 0 Å². The molecule has 6 nitrogen and oxygen atoms in total. The summed E-state index contributed by atoms with van der Waals surface area (Å²) in [5.74, 6) is 1.04. The average Bonchev–Trinajstić information content (AvgIpc) is 2.44. The summed E-state index contributed by atoms with van der Waals surface area (Å²) >= 11 is 0. The van der Waals surface area contributed by atoms with Gasteiger partial charge in [0.15, 0.2) is 11.5 Å². The number of nitrogens with two attached hydrogens (primary N) is 1. The summed E-state index contributed by atoms with van der Waals surface area (Å²) in [5.41, 5.74) is 5.44. The lowest BCUT2D eigenvalue weighted by Crippen LogP contribution is -2.35. The van der Waals surface area contributed by atoms with Crippen LogP contribution in [0.3, 0.4) is 0 Å². The Morgan fingerprint density at radius 1 is 1.26 bits per heavy atom. The molecule has 1 aliphatic heterocycles. The maximum atomic E-state index is 12.4. The third kappa shape index (κ3) is 2.83. The van der Waals surface area contributed by atoms with E-state index >= 15 is 0 Å². The molecule has 0 amide bonds. The first-order valence-corrected chi connectivity index (χ1v) is 7.63. The van der Waals surface area contributed by atoms with Crippen LogP contribution >= 0.6 is 0 Å². The summed E-state index contributed by atoms with van der Waals surface area (Å²) in [6.07, 6.45) is 0. The van der Waals surface area contributed by atoms with Gasteiger partial charge in [0.1, 0.15) is 13.2 Å². The van der Waals surface area contributed by atoms with Crippen LogP contribution in [0.4, 0.5) is 0 Å². The van der Waals surface area contributed by atoms with E-state index in [4.69, 9.17) is 15.2 Å². The standard InChI is InChI=1S/C12H18N2O4S/c1-2-14(6-5-13)19(15,16)10-3-4-11-12(9-10)18-8-7-17-11/h3-4,9H,2,5-8,13H2,1H3. The Balaban J connectivity index is 2.35. The van der Waals surface area contributed by atoms with Crippen LogP contribution in [0.2, 0.25) is 0 Å². The van der Waals surface area contributed by atoms with Crippen LogP contribution in [0.15, 0.2) is 23.1 Å². The van der Waals surface area contributed by atoms with Crippen LogP contribution in [0, 0.1) is 0 Å². The first-order chi connectivity index (χ1) is 9.09. The fourth-order valence-corrected chi connectivity index (χ4v) is 3.41. The molecule has 0 saturated carbocycles. The van der Waals surface area contributed by atoms with Crippen molar-refractivity contribution in [3.05, 3.63) is 18.2 Å². The molecule has 1 heterocycles. The molecule has 2 rings (SSSR count). The smallest absolute Gasteiger partial charge is 0.243 e. The highest BCUT2D eigenvalue weighted by molar-refractivity contribution is 7.89. The van der Waals surface area contributed by atoms with E-state index < -0.39 is 10.0 Å². The highest BCUT2D eigenvalue weighted by Gasteiger charge is 2.24. The number of likely N-dealkylation sites (N-methyl/N-ethyl adjacent to an activating group) is 1. The fraction of sp³-hybridized carbons (Fsp3) is 0.500. The van der Waals surface area contributed by atoms with Crippen LogP contribution in [0.25, 0.3) is 0 Å². The van der Waals surface area contributed by atoms with Crippen molar-refractivity contribution >= 4 is 10.0 Å². The van der Waals surface area contributed by atoms with E-state index in [1.165, 1.54) is 16.4 Å². The number of benzene rings is 1. The number of hydrogen-bond donors (Lipinski definition) is 1. The van der Waals surface area contributed by atoms with Gasteiger partial charge in [-0.15, -0.1) is 0 Å². The zero-order chi connectivity index (χ0) is 13.9.